The predicted octanol–water partition coefficient (Wildman–Crippen LogP) is 3.79. The smallest absolute Gasteiger partial charge is 0.216 e. The number of aliphatic hydroxyl groups is 1. The molecule has 2 aromatic rings. The number of ether oxygens (including phenoxy) is 1. The summed E-state index contributed by atoms with van der Waals surface area (Å²) in [7, 11) is 0. The lowest BCUT2D eigenvalue weighted by Crippen LogP contribution is -2.14. The van der Waals surface area contributed by atoms with Crippen LogP contribution in [-0.2, 0) is 6.42 Å². The number of H-pyrrole nitrogens is 1. The Labute approximate surface area is 148 Å². The van der Waals surface area contributed by atoms with Gasteiger partial charge >= 0.3 is 0 Å². The van der Waals surface area contributed by atoms with Crippen molar-refractivity contribution in [2.24, 2.45) is 0 Å². The van der Waals surface area contributed by atoms with Gasteiger partial charge in [0.1, 0.15) is 5.75 Å². The third kappa shape index (κ3) is 4.17. The number of carbonyl (C=O) groups excluding carboxylic acids is 2. The van der Waals surface area contributed by atoms with Crippen LogP contribution in [0.5, 0.6) is 5.75 Å². The third-order valence-corrected chi connectivity index (χ3v) is 4.30. The van der Waals surface area contributed by atoms with Gasteiger partial charge in [-0.25, -0.2) is 0 Å². The number of carbonyl (C=O) groups is 2. The Kier molecular flexibility index (Phi) is 6.15. The summed E-state index contributed by atoms with van der Waals surface area (Å²) in [6.45, 7) is 7.02. The average Bonchev–Trinajstić information content (AvgIpc) is 2.96. The third-order valence-electron chi connectivity index (χ3n) is 4.30. The molecule has 0 aliphatic rings. The number of aryl methyl sites for hydroxylation is 1. The Morgan fingerprint density at radius 1 is 1.20 bits per heavy atom. The molecule has 134 valence electrons. The minimum absolute atomic E-state index is 0.0457. The number of nitrogens with one attached hydrogen (secondary N) is 1. The molecule has 1 aromatic carbocycles. The highest BCUT2D eigenvalue weighted by Crippen LogP contribution is 2.22. The molecule has 1 heterocycles. The second kappa shape index (κ2) is 8.12. The number of hydrogen-bond donors (Lipinski definition) is 2. The first-order chi connectivity index (χ1) is 11.9. The zero-order valence-electron chi connectivity index (χ0n) is 15.2. The zero-order valence-corrected chi connectivity index (χ0v) is 15.2. The minimum Gasteiger partial charge on any atom is -0.485 e. The molecule has 0 spiro atoms. The zero-order chi connectivity index (χ0) is 18.6. The maximum Gasteiger partial charge on any atom is 0.216 e. The number of hydrogen-bond acceptors (Lipinski definition) is 4. The molecule has 25 heavy (non-hydrogen) atoms. The average molecular weight is 343 g/mol. The fourth-order valence-electron chi connectivity index (χ4n) is 2.99. The highest BCUT2D eigenvalue weighted by atomic mass is 16.5. The molecule has 1 atom stereocenters. The van der Waals surface area contributed by atoms with Crippen LogP contribution >= 0.6 is 0 Å². The van der Waals surface area contributed by atoms with Gasteiger partial charge in [-0.1, -0.05) is 26.0 Å². The maximum absolute atomic E-state index is 12.5. The van der Waals surface area contributed by atoms with Crippen molar-refractivity contribution in [1.29, 1.82) is 0 Å². The monoisotopic (exact) mass is 343 g/mol. The molecule has 2 N–H and O–H groups in total. The van der Waals surface area contributed by atoms with Gasteiger partial charge in [-0.15, -0.1) is 0 Å². The largest absolute Gasteiger partial charge is 0.485 e. The van der Waals surface area contributed by atoms with E-state index in [1.165, 1.54) is 6.92 Å². The number of benzene rings is 1. The van der Waals surface area contributed by atoms with Gasteiger partial charge in [-0.2, -0.15) is 0 Å². The van der Waals surface area contributed by atoms with Crippen LogP contribution in [0.1, 0.15) is 71.0 Å². The minimum atomic E-state index is -0.491. The van der Waals surface area contributed by atoms with Crippen molar-refractivity contribution in [3.63, 3.8) is 0 Å². The summed E-state index contributed by atoms with van der Waals surface area (Å²) >= 11 is 0. The first-order valence-corrected chi connectivity index (χ1v) is 8.55. The van der Waals surface area contributed by atoms with Crippen molar-refractivity contribution in [3.8, 4) is 5.75 Å². The van der Waals surface area contributed by atoms with Crippen molar-refractivity contribution < 1.29 is 19.4 Å². The molecule has 0 amide bonds. The van der Waals surface area contributed by atoms with E-state index < -0.39 is 6.10 Å². The molecule has 1 aromatic heterocycles. The molecule has 0 fully saturated rings. The number of Topliss-reactive ketones (excluding diaryl/α,β-unsaturated/α-hetero) is 2. The van der Waals surface area contributed by atoms with E-state index in [-0.39, 0.29) is 18.2 Å². The van der Waals surface area contributed by atoms with Gasteiger partial charge in [0.25, 0.3) is 0 Å². The van der Waals surface area contributed by atoms with Gasteiger partial charge in [-0.05, 0) is 49.9 Å². The molecule has 5 heteroatoms. The van der Waals surface area contributed by atoms with Crippen molar-refractivity contribution >= 4 is 11.6 Å². The van der Waals surface area contributed by atoms with Crippen molar-refractivity contribution in [2.45, 2.75) is 46.6 Å². The molecule has 0 saturated carbocycles. The fraction of sp³-hybridized carbons (Fsp3) is 0.400. The standard InChI is InChI=1S/C20H25NO4/c1-5-16-19(13(4)22)12(3)21-20(16)18(24)11-25-15-9-7-14(8-10-15)17(23)6-2/h7-10,17,21,23H,5-6,11H2,1-4H3. The molecule has 0 bridgehead atoms. The van der Waals surface area contributed by atoms with E-state index in [1.807, 2.05) is 13.8 Å². The highest BCUT2D eigenvalue weighted by molar-refractivity contribution is 6.03. The molecule has 1 unspecified atom stereocenters. The van der Waals surface area contributed by atoms with Gasteiger partial charge in [0.15, 0.2) is 12.4 Å². The summed E-state index contributed by atoms with van der Waals surface area (Å²) in [5.74, 6) is 0.328. The van der Waals surface area contributed by atoms with E-state index in [9.17, 15) is 14.7 Å². The summed E-state index contributed by atoms with van der Waals surface area (Å²) in [6.07, 6.45) is 0.752. The van der Waals surface area contributed by atoms with Gasteiger partial charge in [-0.3, -0.25) is 9.59 Å². The van der Waals surface area contributed by atoms with Gasteiger partial charge in [0.05, 0.1) is 11.8 Å². The number of aromatic nitrogens is 1. The Morgan fingerprint density at radius 3 is 2.36 bits per heavy atom. The van der Waals surface area contributed by atoms with Crippen LogP contribution in [0.3, 0.4) is 0 Å². The number of ketones is 2. The van der Waals surface area contributed by atoms with E-state index in [0.29, 0.717) is 35.5 Å². The van der Waals surface area contributed by atoms with Crippen molar-refractivity contribution in [2.75, 3.05) is 6.61 Å². The summed E-state index contributed by atoms with van der Waals surface area (Å²) in [5, 5.41) is 9.79. The molecule has 0 aliphatic carbocycles. The normalized spacial score (nSPS) is 12.0. The lowest BCUT2D eigenvalue weighted by molar-refractivity contribution is 0.0916. The van der Waals surface area contributed by atoms with Gasteiger partial charge in [0, 0.05) is 11.3 Å². The first-order valence-electron chi connectivity index (χ1n) is 8.55. The van der Waals surface area contributed by atoms with Crippen LogP contribution in [0.25, 0.3) is 0 Å². The predicted molar refractivity (Wildman–Crippen MR) is 96.4 cm³/mol. The van der Waals surface area contributed by atoms with E-state index in [2.05, 4.69) is 4.98 Å². The second-order valence-corrected chi connectivity index (χ2v) is 6.09. The van der Waals surface area contributed by atoms with E-state index in [1.54, 1.807) is 31.2 Å². The van der Waals surface area contributed by atoms with Crippen molar-refractivity contribution in [1.82, 2.24) is 4.98 Å². The summed E-state index contributed by atoms with van der Waals surface area (Å²) < 4.78 is 5.56. The number of aliphatic hydroxyl groups excluding tert-OH is 1. The quantitative estimate of drug-likeness (QED) is 0.715. The van der Waals surface area contributed by atoms with Crippen LogP contribution in [-0.4, -0.2) is 28.3 Å². The molecular weight excluding hydrogens is 318 g/mol. The van der Waals surface area contributed by atoms with Crippen LogP contribution in [0, 0.1) is 6.92 Å². The Morgan fingerprint density at radius 2 is 1.84 bits per heavy atom. The maximum atomic E-state index is 12.5. The Hall–Kier alpha value is -2.40. The molecule has 0 aliphatic heterocycles. The molecular formula is C20H25NO4. The van der Waals surface area contributed by atoms with E-state index in [0.717, 1.165) is 11.1 Å². The summed E-state index contributed by atoms with van der Waals surface area (Å²) in [6, 6.07) is 7.06. The lowest BCUT2D eigenvalue weighted by atomic mass is 10.0. The van der Waals surface area contributed by atoms with Crippen molar-refractivity contribution in [3.05, 3.63) is 52.3 Å². The first kappa shape index (κ1) is 18.9. The van der Waals surface area contributed by atoms with Crippen LogP contribution in [0.4, 0.5) is 0 Å². The highest BCUT2D eigenvalue weighted by Gasteiger charge is 2.21. The van der Waals surface area contributed by atoms with Crippen LogP contribution in [0.15, 0.2) is 24.3 Å². The van der Waals surface area contributed by atoms with E-state index >= 15 is 0 Å². The Balaban J connectivity index is 2.10. The SMILES string of the molecule is CCc1c(C(=O)COc2ccc(C(O)CC)cc2)[nH]c(C)c1C(C)=O. The lowest BCUT2D eigenvalue weighted by Gasteiger charge is -2.10. The van der Waals surface area contributed by atoms with Crippen LogP contribution < -0.4 is 4.74 Å². The molecule has 0 saturated heterocycles. The fourth-order valence-corrected chi connectivity index (χ4v) is 2.99. The van der Waals surface area contributed by atoms with Gasteiger partial charge < -0.3 is 14.8 Å². The van der Waals surface area contributed by atoms with Gasteiger partial charge in [0.2, 0.25) is 5.78 Å². The summed E-state index contributed by atoms with van der Waals surface area (Å²) in [5.41, 5.74) is 3.33. The number of rotatable bonds is 8. The topological polar surface area (TPSA) is 79.4 Å². The Bertz CT molecular complexity index is 759. The van der Waals surface area contributed by atoms with Crippen LogP contribution in [0.2, 0.25) is 0 Å². The molecule has 0 radical (unpaired) electrons. The molecule has 2 rings (SSSR count). The van der Waals surface area contributed by atoms with E-state index in [4.69, 9.17) is 4.74 Å². The summed E-state index contributed by atoms with van der Waals surface area (Å²) in [4.78, 5) is 27.3. The molecule has 5 nitrogen and oxygen atoms in total. The second-order valence-electron chi connectivity index (χ2n) is 6.09. The number of aromatic amines is 1.